The maximum Gasteiger partial charge on any atom is 0.237 e. The van der Waals surface area contributed by atoms with Crippen LogP contribution in [0.2, 0.25) is 0 Å². The van der Waals surface area contributed by atoms with Crippen LogP contribution in [0, 0.1) is 11.6 Å². The molecule has 2 N–H and O–H groups in total. The van der Waals surface area contributed by atoms with Gasteiger partial charge in [-0.2, -0.15) is 0 Å². The van der Waals surface area contributed by atoms with E-state index in [9.17, 15) is 13.6 Å². The smallest absolute Gasteiger partial charge is 0.237 e. The van der Waals surface area contributed by atoms with Gasteiger partial charge in [-0.05, 0) is 25.5 Å². The number of amides is 1. The lowest BCUT2D eigenvalue weighted by molar-refractivity contribution is -0.123. The first kappa shape index (κ1) is 13.0. The number of carbonyl (C=O) groups excluding carboxylic acids is 1. The zero-order valence-electron chi connectivity index (χ0n) is 10.0. The van der Waals surface area contributed by atoms with Crippen molar-refractivity contribution < 1.29 is 13.6 Å². The number of rotatable bonds is 3. The molecule has 0 aromatic heterocycles. The summed E-state index contributed by atoms with van der Waals surface area (Å²) in [6.07, 6.45) is 2.91. The van der Waals surface area contributed by atoms with Crippen molar-refractivity contribution in [2.24, 2.45) is 0 Å². The summed E-state index contributed by atoms with van der Waals surface area (Å²) in [6, 6.07) is 3.16. The third kappa shape index (κ3) is 3.26. The fraction of sp³-hybridized carbons (Fsp3) is 0.462. The monoisotopic (exact) mass is 254 g/mol. The summed E-state index contributed by atoms with van der Waals surface area (Å²) in [5, 5.41) is 5.78. The van der Waals surface area contributed by atoms with Crippen molar-refractivity contribution in [2.45, 2.75) is 31.8 Å². The van der Waals surface area contributed by atoms with Gasteiger partial charge in [-0.15, -0.1) is 0 Å². The van der Waals surface area contributed by atoms with Crippen molar-refractivity contribution >= 4 is 5.91 Å². The van der Waals surface area contributed by atoms with Gasteiger partial charge in [0.2, 0.25) is 5.91 Å². The van der Waals surface area contributed by atoms with Crippen LogP contribution in [0.25, 0.3) is 0 Å². The summed E-state index contributed by atoms with van der Waals surface area (Å²) in [5.41, 5.74) is 0.292. The molecular weight excluding hydrogens is 238 g/mol. The van der Waals surface area contributed by atoms with E-state index in [0.717, 1.165) is 31.9 Å². The Bertz CT molecular complexity index is 431. The van der Waals surface area contributed by atoms with Gasteiger partial charge in [-0.1, -0.05) is 12.5 Å². The largest absolute Gasteiger partial charge is 0.351 e. The molecule has 1 amide bonds. The molecule has 1 aromatic carbocycles. The van der Waals surface area contributed by atoms with Crippen molar-refractivity contribution in [1.82, 2.24) is 10.6 Å². The number of hydrogen-bond donors (Lipinski definition) is 2. The molecule has 3 nitrogen and oxygen atoms in total. The minimum atomic E-state index is -0.632. The average Bonchev–Trinajstić information content (AvgIpc) is 2.38. The summed E-state index contributed by atoms with van der Waals surface area (Å²) < 4.78 is 26.0. The van der Waals surface area contributed by atoms with Gasteiger partial charge in [0.25, 0.3) is 0 Å². The first-order valence-corrected chi connectivity index (χ1v) is 6.12. The van der Waals surface area contributed by atoms with Crippen molar-refractivity contribution in [3.05, 3.63) is 35.4 Å². The van der Waals surface area contributed by atoms with Gasteiger partial charge >= 0.3 is 0 Å². The number of carbonyl (C=O) groups is 1. The van der Waals surface area contributed by atoms with Gasteiger partial charge in [-0.3, -0.25) is 4.79 Å². The second-order valence-corrected chi connectivity index (χ2v) is 4.46. The van der Waals surface area contributed by atoms with Crippen molar-refractivity contribution in [2.75, 3.05) is 6.54 Å². The number of hydrogen-bond acceptors (Lipinski definition) is 2. The highest BCUT2D eigenvalue weighted by Gasteiger charge is 2.20. The molecule has 1 heterocycles. The van der Waals surface area contributed by atoms with Crippen LogP contribution in [0.15, 0.2) is 18.2 Å². The molecule has 1 saturated heterocycles. The fourth-order valence-corrected chi connectivity index (χ4v) is 2.05. The minimum Gasteiger partial charge on any atom is -0.351 e. The van der Waals surface area contributed by atoms with E-state index in [-0.39, 0.29) is 18.5 Å². The van der Waals surface area contributed by atoms with Crippen LogP contribution in [0.3, 0.4) is 0 Å². The Morgan fingerprint density at radius 2 is 2.22 bits per heavy atom. The lowest BCUT2D eigenvalue weighted by Gasteiger charge is -2.22. The molecule has 0 aliphatic carbocycles. The Morgan fingerprint density at radius 3 is 2.89 bits per heavy atom. The molecule has 5 heteroatoms. The van der Waals surface area contributed by atoms with Crippen LogP contribution < -0.4 is 10.6 Å². The van der Waals surface area contributed by atoms with E-state index in [1.54, 1.807) is 0 Å². The lowest BCUT2D eigenvalue weighted by Crippen LogP contribution is -2.46. The SMILES string of the molecule is O=C(NCc1ccc(F)cc1F)[C@@H]1CCCCN1. The number of benzene rings is 1. The van der Waals surface area contributed by atoms with E-state index >= 15 is 0 Å². The molecule has 1 aliphatic heterocycles. The minimum absolute atomic E-state index is 0.0864. The van der Waals surface area contributed by atoms with Crippen molar-refractivity contribution in [3.63, 3.8) is 0 Å². The normalized spacial score (nSPS) is 19.6. The Kier molecular flexibility index (Phi) is 4.25. The Labute approximate surface area is 105 Å². The van der Waals surface area contributed by atoms with Gasteiger partial charge in [-0.25, -0.2) is 8.78 Å². The molecule has 0 unspecified atom stereocenters. The zero-order valence-corrected chi connectivity index (χ0v) is 10.0. The van der Waals surface area contributed by atoms with Crippen molar-refractivity contribution in [1.29, 1.82) is 0 Å². The first-order chi connectivity index (χ1) is 8.66. The number of halogens is 2. The summed E-state index contributed by atoms with van der Waals surface area (Å²) in [7, 11) is 0. The topological polar surface area (TPSA) is 41.1 Å². The van der Waals surface area contributed by atoms with Crippen LogP contribution in [0.5, 0.6) is 0 Å². The first-order valence-electron chi connectivity index (χ1n) is 6.12. The van der Waals surface area contributed by atoms with E-state index < -0.39 is 11.6 Å². The van der Waals surface area contributed by atoms with Crippen LogP contribution in [0.4, 0.5) is 8.78 Å². The lowest BCUT2D eigenvalue weighted by atomic mass is 10.0. The van der Waals surface area contributed by atoms with Crippen LogP contribution >= 0.6 is 0 Å². The van der Waals surface area contributed by atoms with Crippen LogP contribution in [0.1, 0.15) is 24.8 Å². The van der Waals surface area contributed by atoms with Gasteiger partial charge in [0.05, 0.1) is 6.04 Å². The molecule has 2 rings (SSSR count). The van der Waals surface area contributed by atoms with Gasteiger partial charge < -0.3 is 10.6 Å². The molecule has 1 aromatic rings. The second kappa shape index (κ2) is 5.91. The molecule has 98 valence electrons. The third-order valence-corrected chi connectivity index (χ3v) is 3.09. The molecule has 0 bridgehead atoms. The maximum atomic E-state index is 13.3. The van der Waals surface area contributed by atoms with Gasteiger partial charge in [0.1, 0.15) is 11.6 Å². The zero-order chi connectivity index (χ0) is 13.0. The average molecular weight is 254 g/mol. The highest BCUT2D eigenvalue weighted by atomic mass is 19.1. The Hall–Kier alpha value is -1.49. The standard InChI is InChI=1S/C13H16F2N2O/c14-10-5-4-9(11(15)7-10)8-17-13(18)12-3-1-2-6-16-12/h4-5,7,12,16H,1-3,6,8H2,(H,17,18)/t12-/m0/s1. The molecular formula is C13H16F2N2O. The summed E-state index contributed by atoms with van der Waals surface area (Å²) in [4.78, 5) is 11.8. The third-order valence-electron chi connectivity index (χ3n) is 3.09. The Morgan fingerprint density at radius 1 is 1.39 bits per heavy atom. The second-order valence-electron chi connectivity index (χ2n) is 4.46. The van der Waals surface area contributed by atoms with Gasteiger partial charge in [0.15, 0.2) is 0 Å². The molecule has 1 aliphatic rings. The molecule has 18 heavy (non-hydrogen) atoms. The molecule has 0 radical (unpaired) electrons. The van der Waals surface area contributed by atoms with E-state index in [0.29, 0.717) is 5.56 Å². The van der Waals surface area contributed by atoms with Crippen molar-refractivity contribution in [3.8, 4) is 0 Å². The molecule has 1 fully saturated rings. The van der Waals surface area contributed by atoms with Crippen LogP contribution in [-0.4, -0.2) is 18.5 Å². The number of piperidine rings is 1. The Balaban J connectivity index is 1.88. The van der Waals surface area contributed by atoms with Gasteiger partial charge in [0, 0.05) is 18.2 Å². The predicted octanol–water partition coefficient (Wildman–Crippen LogP) is 1.72. The van der Waals surface area contributed by atoms with E-state index in [4.69, 9.17) is 0 Å². The molecule has 1 atom stereocenters. The highest BCUT2D eigenvalue weighted by molar-refractivity contribution is 5.81. The van der Waals surface area contributed by atoms with Crippen LogP contribution in [-0.2, 0) is 11.3 Å². The predicted molar refractivity (Wildman–Crippen MR) is 63.8 cm³/mol. The maximum absolute atomic E-state index is 13.3. The quantitative estimate of drug-likeness (QED) is 0.862. The summed E-state index contributed by atoms with van der Waals surface area (Å²) >= 11 is 0. The molecule has 0 spiro atoms. The van der Waals surface area contributed by atoms with E-state index in [2.05, 4.69) is 10.6 Å². The summed E-state index contributed by atoms with van der Waals surface area (Å²) in [5.74, 6) is -1.37. The number of nitrogens with one attached hydrogen (secondary N) is 2. The molecule has 0 saturated carbocycles. The highest BCUT2D eigenvalue weighted by Crippen LogP contribution is 2.10. The van der Waals surface area contributed by atoms with E-state index in [1.165, 1.54) is 12.1 Å². The van der Waals surface area contributed by atoms with E-state index in [1.807, 2.05) is 0 Å². The summed E-state index contributed by atoms with van der Waals surface area (Å²) in [6.45, 7) is 0.923. The fourth-order valence-electron chi connectivity index (χ4n) is 2.05.